The molecule has 0 saturated carbocycles. The largest absolute Gasteiger partial charge is 0.507 e. The Hall–Kier alpha value is -3.48. The van der Waals surface area contributed by atoms with Gasteiger partial charge in [0.05, 0.1) is 35.4 Å². The van der Waals surface area contributed by atoms with Crippen LogP contribution in [0.25, 0.3) is 5.76 Å². The topological polar surface area (TPSA) is 76.1 Å². The number of ketones is 1. The maximum absolute atomic E-state index is 13.3. The van der Waals surface area contributed by atoms with E-state index >= 15 is 0 Å². The Labute approximate surface area is 213 Å². The highest BCUT2D eigenvalue weighted by Crippen LogP contribution is 2.45. The maximum atomic E-state index is 13.3. The van der Waals surface area contributed by atoms with Crippen molar-refractivity contribution in [1.82, 2.24) is 0 Å². The van der Waals surface area contributed by atoms with Gasteiger partial charge in [-0.3, -0.25) is 14.5 Å². The maximum Gasteiger partial charge on any atom is 0.300 e. The van der Waals surface area contributed by atoms with E-state index < -0.39 is 23.5 Å². The standard InChI is InChI=1S/C27H23Cl2NO5/c1-15(2)35-19-11-9-18(10-12-19)30-23(16-7-5-4-6-8-16)22(25(32)27(30)33)24(31)20-13-17(28)14-21(29)26(20)34-3/h4-15,23,31H,1-3H3/b24-22+. The lowest BCUT2D eigenvalue weighted by Gasteiger charge is -2.26. The Morgan fingerprint density at radius 1 is 1.00 bits per heavy atom. The van der Waals surface area contributed by atoms with Gasteiger partial charge in [0.1, 0.15) is 17.3 Å². The third-order valence-corrected chi connectivity index (χ3v) is 6.01. The number of halogens is 2. The van der Waals surface area contributed by atoms with E-state index in [0.717, 1.165) is 0 Å². The molecule has 8 heteroatoms. The van der Waals surface area contributed by atoms with E-state index in [4.69, 9.17) is 32.7 Å². The van der Waals surface area contributed by atoms with E-state index in [9.17, 15) is 14.7 Å². The van der Waals surface area contributed by atoms with Crippen molar-refractivity contribution in [3.05, 3.63) is 93.5 Å². The molecule has 1 heterocycles. The third kappa shape index (κ3) is 4.72. The first-order valence-electron chi connectivity index (χ1n) is 10.9. The Kier molecular flexibility index (Phi) is 7.05. The summed E-state index contributed by atoms with van der Waals surface area (Å²) >= 11 is 12.4. The molecule has 6 nitrogen and oxygen atoms in total. The lowest BCUT2D eigenvalue weighted by Crippen LogP contribution is -2.29. The first-order chi connectivity index (χ1) is 16.7. The van der Waals surface area contributed by atoms with E-state index in [2.05, 4.69) is 0 Å². The zero-order valence-electron chi connectivity index (χ0n) is 19.3. The number of rotatable bonds is 6. The van der Waals surface area contributed by atoms with Gasteiger partial charge in [-0.1, -0.05) is 53.5 Å². The molecule has 1 amide bonds. The van der Waals surface area contributed by atoms with Crippen molar-refractivity contribution in [3.63, 3.8) is 0 Å². The number of nitrogens with zero attached hydrogens (tertiary/aromatic N) is 1. The molecule has 1 unspecified atom stereocenters. The van der Waals surface area contributed by atoms with Crippen LogP contribution in [0, 0.1) is 0 Å². The van der Waals surface area contributed by atoms with Crippen molar-refractivity contribution in [2.45, 2.75) is 26.0 Å². The second kappa shape index (κ2) is 10.0. The molecular weight excluding hydrogens is 489 g/mol. The number of aliphatic hydroxyl groups is 1. The van der Waals surface area contributed by atoms with Crippen LogP contribution in [0.15, 0.2) is 72.3 Å². The molecule has 1 aliphatic rings. The van der Waals surface area contributed by atoms with Gasteiger partial charge in [-0.15, -0.1) is 0 Å². The average molecular weight is 512 g/mol. The van der Waals surface area contributed by atoms with Crippen molar-refractivity contribution in [1.29, 1.82) is 0 Å². The van der Waals surface area contributed by atoms with Gasteiger partial charge < -0.3 is 14.6 Å². The molecule has 3 aromatic rings. The second-order valence-electron chi connectivity index (χ2n) is 8.21. The minimum absolute atomic E-state index is 0.0149. The van der Waals surface area contributed by atoms with Crippen LogP contribution < -0.4 is 14.4 Å². The van der Waals surface area contributed by atoms with Crippen LogP contribution in [0.2, 0.25) is 10.0 Å². The summed E-state index contributed by atoms with van der Waals surface area (Å²) in [5, 5.41) is 11.8. The molecule has 0 spiro atoms. The number of methoxy groups -OCH3 is 1. The number of benzene rings is 3. The Bertz CT molecular complexity index is 1300. The molecule has 0 aliphatic carbocycles. The van der Waals surface area contributed by atoms with Crippen molar-refractivity contribution < 1.29 is 24.2 Å². The minimum atomic E-state index is -0.893. The van der Waals surface area contributed by atoms with Crippen LogP contribution >= 0.6 is 23.2 Å². The van der Waals surface area contributed by atoms with Gasteiger partial charge in [-0.25, -0.2) is 0 Å². The Morgan fingerprint density at radius 3 is 2.26 bits per heavy atom. The molecule has 1 aliphatic heterocycles. The first-order valence-corrected chi connectivity index (χ1v) is 11.6. The van der Waals surface area contributed by atoms with E-state index in [1.165, 1.54) is 24.1 Å². The zero-order valence-corrected chi connectivity index (χ0v) is 20.8. The van der Waals surface area contributed by atoms with Gasteiger partial charge in [-0.2, -0.15) is 0 Å². The zero-order chi connectivity index (χ0) is 25.3. The summed E-state index contributed by atoms with van der Waals surface area (Å²) in [5.41, 5.74) is 1.14. The SMILES string of the molecule is COc1c(Cl)cc(Cl)cc1/C(O)=C1\C(=O)C(=O)N(c2ccc(OC(C)C)cc2)C1c1ccccc1. The molecule has 35 heavy (non-hydrogen) atoms. The van der Waals surface area contributed by atoms with Gasteiger partial charge in [0, 0.05) is 10.7 Å². The number of ether oxygens (including phenoxy) is 2. The normalized spacial score (nSPS) is 17.2. The summed E-state index contributed by atoms with van der Waals surface area (Å²) in [6, 6.07) is 17.9. The number of carbonyl (C=O) groups excluding carboxylic acids is 2. The molecule has 3 aromatic carbocycles. The van der Waals surface area contributed by atoms with E-state index in [1.54, 1.807) is 48.5 Å². The molecule has 1 saturated heterocycles. The summed E-state index contributed by atoms with van der Waals surface area (Å²) < 4.78 is 11.1. The molecule has 1 N–H and O–H groups in total. The highest BCUT2D eigenvalue weighted by molar-refractivity contribution is 6.51. The fraction of sp³-hybridized carbons (Fsp3) is 0.185. The summed E-state index contributed by atoms with van der Waals surface area (Å²) in [5.74, 6) is -1.26. The van der Waals surface area contributed by atoms with Crippen LogP contribution in [0.5, 0.6) is 11.5 Å². The van der Waals surface area contributed by atoms with Crippen molar-refractivity contribution >= 4 is 46.3 Å². The molecule has 4 rings (SSSR count). The Morgan fingerprint density at radius 2 is 1.66 bits per heavy atom. The highest BCUT2D eigenvalue weighted by Gasteiger charge is 2.47. The predicted molar refractivity (Wildman–Crippen MR) is 136 cm³/mol. The lowest BCUT2D eigenvalue weighted by molar-refractivity contribution is -0.132. The van der Waals surface area contributed by atoms with Crippen molar-refractivity contribution in [2.75, 3.05) is 12.0 Å². The van der Waals surface area contributed by atoms with Gasteiger partial charge in [0.25, 0.3) is 11.7 Å². The summed E-state index contributed by atoms with van der Waals surface area (Å²) in [6.45, 7) is 3.83. The number of hydrogen-bond donors (Lipinski definition) is 1. The van der Waals surface area contributed by atoms with Gasteiger partial charge in [0.2, 0.25) is 0 Å². The van der Waals surface area contributed by atoms with Crippen molar-refractivity contribution in [3.8, 4) is 11.5 Å². The summed E-state index contributed by atoms with van der Waals surface area (Å²) in [4.78, 5) is 28.0. The Balaban J connectivity index is 1.92. The monoisotopic (exact) mass is 511 g/mol. The minimum Gasteiger partial charge on any atom is -0.507 e. The summed E-state index contributed by atoms with van der Waals surface area (Å²) in [6.07, 6.45) is -0.0149. The molecule has 1 fully saturated rings. The average Bonchev–Trinajstić information content (AvgIpc) is 3.09. The second-order valence-corrected chi connectivity index (χ2v) is 9.05. The fourth-order valence-electron chi connectivity index (χ4n) is 4.10. The molecule has 180 valence electrons. The van der Waals surface area contributed by atoms with Crippen LogP contribution in [-0.2, 0) is 9.59 Å². The van der Waals surface area contributed by atoms with Crippen LogP contribution in [0.3, 0.4) is 0 Å². The number of anilines is 1. The molecule has 0 aromatic heterocycles. The molecule has 0 radical (unpaired) electrons. The smallest absolute Gasteiger partial charge is 0.300 e. The summed E-state index contributed by atoms with van der Waals surface area (Å²) in [7, 11) is 1.39. The van der Waals surface area contributed by atoms with Crippen LogP contribution in [0.1, 0.15) is 31.0 Å². The van der Waals surface area contributed by atoms with Crippen LogP contribution in [-0.4, -0.2) is 30.0 Å². The molecule has 0 bridgehead atoms. The van der Waals surface area contributed by atoms with E-state index in [1.807, 2.05) is 19.9 Å². The quantitative estimate of drug-likeness (QED) is 0.235. The number of hydrogen-bond acceptors (Lipinski definition) is 5. The van der Waals surface area contributed by atoms with E-state index in [0.29, 0.717) is 17.0 Å². The molecule has 1 atom stereocenters. The van der Waals surface area contributed by atoms with Gasteiger partial charge >= 0.3 is 0 Å². The lowest BCUT2D eigenvalue weighted by atomic mass is 9.95. The van der Waals surface area contributed by atoms with E-state index in [-0.39, 0.29) is 33.0 Å². The number of amides is 1. The highest BCUT2D eigenvalue weighted by atomic mass is 35.5. The van der Waals surface area contributed by atoms with Crippen LogP contribution in [0.4, 0.5) is 5.69 Å². The molecular formula is C27H23Cl2NO5. The fourth-order valence-corrected chi connectivity index (χ4v) is 4.67. The van der Waals surface area contributed by atoms with Gasteiger partial charge in [0.15, 0.2) is 0 Å². The number of Topliss-reactive ketones (excluding diaryl/α,β-unsaturated/α-hetero) is 1. The van der Waals surface area contributed by atoms with Crippen molar-refractivity contribution in [2.24, 2.45) is 0 Å². The number of carbonyl (C=O) groups is 2. The third-order valence-electron chi connectivity index (χ3n) is 5.51. The number of aliphatic hydroxyl groups excluding tert-OH is 1. The first kappa shape index (κ1) is 24.6. The van der Waals surface area contributed by atoms with Gasteiger partial charge in [-0.05, 0) is 55.8 Å². The predicted octanol–water partition coefficient (Wildman–Crippen LogP) is 6.42.